The van der Waals surface area contributed by atoms with E-state index in [0.29, 0.717) is 16.1 Å². The maximum atomic E-state index is 14.2. The monoisotopic (exact) mass is 509 g/mol. The molecule has 0 unspecified atom stereocenters. The number of nitrogens with zero attached hydrogens (tertiary/aromatic N) is 2. The van der Waals surface area contributed by atoms with Crippen molar-refractivity contribution in [3.05, 3.63) is 70.8 Å². The van der Waals surface area contributed by atoms with E-state index in [9.17, 15) is 27.9 Å². The van der Waals surface area contributed by atoms with E-state index in [-0.39, 0.29) is 25.1 Å². The number of aromatic amines is 1. The van der Waals surface area contributed by atoms with Gasteiger partial charge in [0.05, 0.1) is 18.7 Å². The zero-order valence-corrected chi connectivity index (χ0v) is 19.1. The molecule has 0 aliphatic rings. The van der Waals surface area contributed by atoms with Gasteiger partial charge in [0, 0.05) is 23.2 Å². The average Bonchev–Trinajstić information content (AvgIpc) is 3.35. The molecule has 8 nitrogen and oxygen atoms in total. The van der Waals surface area contributed by atoms with Crippen LogP contribution in [0.15, 0.2) is 48.7 Å². The Balaban J connectivity index is 1.76. The van der Waals surface area contributed by atoms with Crippen molar-refractivity contribution in [1.29, 1.82) is 0 Å². The van der Waals surface area contributed by atoms with Crippen molar-refractivity contribution in [1.82, 2.24) is 26.0 Å². The van der Waals surface area contributed by atoms with E-state index in [4.69, 9.17) is 11.6 Å². The number of carbonyl (C=O) groups excluding carboxylic acids is 1. The number of carboxylic acids is 1. The van der Waals surface area contributed by atoms with Gasteiger partial charge in [-0.15, -0.1) is 5.10 Å². The number of halogens is 4. The molecule has 2 atom stereocenters. The fourth-order valence-electron chi connectivity index (χ4n) is 3.57. The second kappa shape index (κ2) is 12.3. The van der Waals surface area contributed by atoms with Crippen LogP contribution in [0.1, 0.15) is 22.5 Å². The van der Waals surface area contributed by atoms with E-state index in [2.05, 4.69) is 26.0 Å². The predicted molar refractivity (Wildman–Crippen MR) is 123 cm³/mol. The Morgan fingerprint density at radius 3 is 2.49 bits per heavy atom. The zero-order valence-electron chi connectivity index (χ0n) is 18.3. The molecule has 0 bridgehead atoms. The minimum atomic E-state index is -2.62. The van der Waals surface area contributed by atoms with Crippen molar-refractivity contribution in [2.45, 2.75) is 25.3 Å². The van der Waals surface area contributed by atoms with Crippen LogP contribution < -0.4 is 10.6 Å². The molecule has 0 radical (unpaired) electrons. The molecule has 0 saturated carbocycles. The van der Waals surface area contributed by atoms with Crippen LogP contribution in [0.4, 0.5) is 13.2 Å². The summed E-state index contributed by atoms with van der Waals surface area (Å²) in [5.41, 5.74) is 1.68. The lowest BCUT2D eigenvalue weighted by Gasteiger charge is -2.23. The fourth-order valence-corrected chi connectivity index (χ4v) is 3.74. The number of carboxylic acid groups (broad SMARTS) is 1. The topological polar surface area (TPSA) is 120 Å². The zero-order chi connectivity index (χ0) is 25.4. The first kappa shape index (κ1) is 26.2. The summed E-state index contributed by atoms with van der Waals surface area (Å²) in [6.45, 7) is -0.829. The summed E-state index contributed by atoms with van der Waals surface area (Å²) in [6, 6.07) is 10.4. The van der Waals surface area contributed by atoms with Crippen molar-refractivity contribution < 1.29 is 27.9 Å². The average molecular weight is 510 g/mol. The molecule has 4 N–H and O–H groups in total. The van der Waals surface area contributed by atoms with Gasteiger partial charge < -0.3 is 15.7 Å². The Hall–Kier alpha value is -3.44. The fraction of sp³-hybridized carbons (Fsp3) is 0.304. The highest BCUT2D eigenvalue weighted by Crippen LogP contribution is 2.26. The van der Waals surface area contributed by atoms with Crippen molar-refractivity contribution in [2.24, 2.45) is 5.92 Å². The largest absolute Gasteiger partial charge is 0.481 e. The highest BCUT2D eigenvalue weighted by atomic mass is 35.5. The Labute approximate surface area is 203 Å². The third kappa shape index (κ3) is 7.79. The third-order valence-corrected chi connectivity index (χ3v) is 5.50. The molecule has 1 aromatic heterocycles. The van der Waals surface area contributed by atoms with Gasteiger partial charge in [0.25, 0.3) is 12.3 Å². The number of nitrogens with one attached hydrogen (secondary N) is 3. The molecule has 35 heavy (non-hydrogen) atoms. The molecule has 0 spiro atoms. The number of benzene rings is 2. The minimum Gasteiger partial charge on any atom is -0.481 e. The summed E-state index contributed by atoms with van der Waals surface area (Å²) < 4.78 is 39.1. The molecule has 0 aliphatic carbocycles. The van der Waals surface area contributed by atoms with Gasteiger partial charge in [0.15, 0.2) is 5.69 Å². The first-order valence-electron chi connectivity index (χ1n) is 10.7. The molecule has 3 aromatic rings. The number of aliphatic carboxylic acids is 1. The summed E-state index contributed by atoms with van der Waals surface area (Å²) in [6.07, 6.45) is -1.12. The van der Waals surface area contributed by atoms with Crippen LogP contribution >= 0.6 is 11.6 Å². The summed E-state index contributed by atoms with van der Waals surface area (Å²) in [5, 5.41) is 24.7. The van der Waals surface area contributed by atoms with Gasteiger partial charge in [0.2, 0.25) is 0 Å². The first-order valence-corrected chi connectivity index (χ1v) is 11.0. The maximum absolute atomic E-state index is 14.2. The highest BCUT2D eigenvalue weighted by molar-refractivity contribution is 6.30. The first-order chi connectivity index (χ1) is 16.7. The van der Waals surface area contributed by atoms with Gasteiger partial charge in [-0.05, 0) is 42.2 Å². The summed E-state index contributed by atoms with van der Waals surface area (Å²) in [4.78, 5) is 24.2. The Kier molecular flexibility index (Phi) is 9.21. The number of H-pyrrole nitrogens is 1. The number of hydrogen-bond acceptors (Lipinski definition) is 5. The van der Waals surface area contributed by atoms with E-state index in [1.807, 2.05) is 0 Å². The van der Waals surface area contributed by atoms with Crippen LogP contribution in [0.25, 0.3) is 11.1 Å². The number of amides is 1. The molecule has 1 heterocycles. The molecular formula is C23H23ClF3N5O3. The summed E-state index contributed by atoms with van der Waals surface area (Å²) in [7, 11) is 0. The summed E-state index contributed by atoms with van der Waals surface area (Å²) in [5.74, 6) is -3.21. The van der Waals surface area contributed by atoms with Crippen molar-refractivity contribution in [2.75, 3.05) is 13.1 Å². The van der Waals surface area contributed by atoms with Gasteiger partial charge in [-0.3, -0.25) is 14.7 Å². The van der Waals surface area contributed by atoms with Crippen LogP contribution in [0.5, 0.6) is 0 Å². The van der Waals surface area contributed by atoms with Crippen molar-refractivity contribution in [3.63, 3.8) is 0 Å². The van der Waals surface area contributed by atoms with E-state index in [1.165, 1.54) is 24.4 Å². The lowest BCUT2D eigenvalue weighted by molar-refractivity contribution is -0.142. The van der Waals surface area contributed by atoms with Gasteiger partial charge in [-0.2, -0.15) is 0 Å². The minimum absolute atomic E-state index is 0.0180. The molecule has 0 fully saturated rings. The summed E-state index contributed by atoms with van der Waals surface area (Å²) >= 11 is 5.97. The SMILES string of the molecule is O=C(N[C@H](Cc1ccc(-c2cc(Cl)ccc2F)cc1)C[C@@H](CNCC(F)F)C(=O)O)c1c[nH]nn1. The molecule has 3 rings (SSSR count). The van der Waals surface area contributed by atoms with E-state index in [0.717, 1.165) is 5.56 Å². The maximum Gasteiger partial charge on any atom is 0.307 e. The second-order valence-electron chi connectivity index (χ2n) is 7.87. The van der Waals surface area contributed by atoms with E-state index < -0.39 is 42.6 Å². The predicted octanol–water partition coefficient (Wildman–Crippen LogP) is 3.55. The number of carbonyl (C=O) groups is 2. The normalized spacial score (nSPS) is 12.9. The van der Waals surface area contributed by atoms with Crippen LogP contribution in [-0.2, 0) is 11.2 Å². The lowest BCUT2D eigenvalue weighted by Crippen LogP contribution is -2.41. The van der Waals surface area contributed by atoms with E-state index in [1.54, 1.807) is 24.3 Å². The number of rotatable bonds is 12. The third-order valence-electron chi connectivity index (χ3n) is 5.27. The van der Waals surface area contributed by atoms with Crippen LogP contribution in [-0.4, -0.2) is 58.0 Å². The number of alkyl halides is 2. The Bertz CT molecular complexity index is 1130. The van der Waals surface area contributed by atoms with Crippen LogP contribution in [0, 0.1) is 11.7 Å². The van der Waals surface area contributed by atoms with Crippen LogP contribution in [0.2, 0.25) is 5.02 Å². The standard InChI is InChI=1S/C23H23ClF3N5O3/c24-16-5-6-19(25)18(9-16)14-3-1-13(2-4-14)7-17(30-22(33)20-11-29-32-31-20)8-15(23(34)35)10-28-12-21(26)27/h1-6,9,11,15,17,21,28H,7-8,10,12H2,(H,30,33)(H,34,35)(H,29,31,32)/t15-,17+/m0/s1. The smallest absolute Gasteiger partial charge is 0.307 e. The quantitative estimate of drug-likeness (QED) is 0.296. The number of hydrogen-bond donors (Lipinski definition) is 4. The Morgan fingerprint density at radius 1 is 1.11 bits per heavy atom. The highest BCUT2D eigenvalue weighted by Gasteiger charge is 2.25. The molecule has 2 aromatic carbocycles. The molecule has 1 amide bonds. The van der Waals surface area contributed by atoms with Gasteiger partial charge in [0.1, 0.15) is 5.82 Å². The molecule has 0 saturated heterocycles. The lowest BCUT2D eigenvalue weighted by atomic mass is 9.93. The van der Waals surface area contributed by atoms with Crippen LogP contribution in [0.3, 0.4) is 0 Å². The van der Waals surface area contributed by atoms with Gasteiger partial charge >= 0.3 is 5.97 Å². The van der Waals surface area contributed by atoms with Crippen molar-refractivity contribution >= 4 is 23.5 Å². The van der Waals surface area contributed by atoms with Gasteiger partial charge in [-0.25, -0.2) is 13.2 Å². The molecule has 12 heteroatoms. The Morgan fingerprint density at radius 2 is 1.86 bits per heavy atom. The second-order valence-corrected chi connectivity index (χ2v) is 8.31. The molecule has 186 valence electrons. The number of aromatic nitrogens is 3. The molecular weight excluding hydrogens is 487 g/mol. The van der Waals surface area contributed by atoms with Crippen molar-refractivity contribution in [3.8, 4) is 11.1 Å². The van der Waals surface area contributed by atoms with Gasteiger partial charge in [-0.1, -0.05) is 41.1 Å². The molecule has 0 aliphatic heterocycles. The van der Waals surface area contributed by atoms with E-state index >= 15 is 0 Å².